The van der Waals surface area contributed by atoms with Gasteiger partial charge in [0.1, 0.15) is 0 Å². The summed E-state index contributed by atoms with van der Waals surface area (Å²) in [4.78, 5) is 2.67. The van der Waals surface area contributed by atoms with E-state index in [9.17, 15) is 0 Å². The normalized spacial score (nSPS) is 24.7. The standard InChI is InChI=1S/C18H27NO2/c1-18(2)7-5-15(11-18)19-8-6-13-9-16(20-3)17(21-4)10-14(13)12-19/h9-10,15H,5-8,11-12H2,1-4H3. The van der Waals surface area contributed by atoms with Gasteiger partial charge in [-0.05, 0) is 54.4 Å². The van der Waals surface area contributed by atoms with Crippen LogP contribution in [-0.4, -0.2) is 31.7 Å². The molecule has 2 aliphatic rings. The molecule has 0 saturated heterocycles. The molecule has 0 radical (unpaired) electrons. The molecule has 1 aliphatic carbocycles. The van der Waals surface area contributed by atoms with Crippen molar-refractivity contribution in [1.82, 2.24) is 4.90 Å². The third kappa shape index (κ3) is 2.89. The zero-order valence-corrected chi connectivity index (χ0v) is 13.7. The zero-order chi connectivity index (χ0) is 15.0. The van der Waals surface area contributed by atoms with E-state index in [1.165, 1.54) is 36.9 Å². The fourth-order valence-corrected chi connectivity index (χ4v) is 3.93. The maximum absolute atomic E-state index is 5.45. The smallest absolute Gasteiger partial charge is 0.161 e. The molecule has 1 aliphatic heterocycles. The molecule has 1 aromatic carbocycles. The van der Waals surface area contributed by atoms with Crippen molar-refractivity contribution in [2.45, 2.75) is 52.1 Å². The predicted molar refractivity (Wildman–Crippen MR) is 85.1 cm³/mol. The summed E-state index contributed by atoms with van der Waals surface area (Å²) in [6.45, 7) is 7.03. The molecule has 3 nitrogen and oxygen atoms in total. The summed E-state index contributed by atoms with van der Waals surface area (Å²) in [6.07, 6.45) is 5.14. The summed E-state index contributed by atoms with van der Waals surface area (Å²) in [5.41, 5.74) is 3.34. The van der Waals surface area contributed by atoms with Crippen LogP contribution in [0.5, 0.6) is 11.5 Å². The molecule has 1 unspecified atom stereocenters. The zero-order valence-electron chi connectivity index (χ0n) is 13.7. The van der Waals surface area contributed by atoms with Crippen LogP contribution in [-0.2, 0) is 13.0 Å². The van der Waals surface area contributed by atoms with Crippen molar-refractivity contribution in [2.75, 3.05) is 20.8 Å². The molecule has 0 spiro atoms. The summed E-state index contributed by atoms with van der Waals surface area (Å²) in [5.74, 6) is 1.71. The van der Waals surface area contributed by atoms with E-state index in [2.05, 4.69) is 30.9 Å². The molecule has 21 heavy (non-hydrogen) atoms. The lowest BCUT2D eigenvalue weighted by Crippen LogP contribution is -2.38. The van der Waals surface area contributed by atoms with E-state index in [4.69, 9.17) is 9.47 Å². The number of benzene rings is 1. The lowest BCUT2D eigenvalue weighted by molar-refractivity contribution is 0.169. The Balaban J connectivity index is 1.79. The minimum atomic E-state index is 0.516. The second-order valence-electron chi connectivity index (χ2n) is 7.26. The average Bonchev–Trinajstić information content (AvgIpc) is 2.85. The molecule has 116 valence electrons. The third-order valence-electron chi connectivity index (χ3n) is 5.21. The molecule has 1 atom stereocenters. The van der Waals surface area contributed by atoms with Crippen molar-refractivity contribution in [2.24, 2.45) is 5.41 Å². The van der Waals surface area contributed by atoms with Crippen LogP contribution in [0.3, 0.4) is 0 Å². The Bertz CT molecular complexity index is 524. The Kier molecular flexibility index (Phi) is 3.87. The van der Waals surface area contributed by atoms with Gasteiger partial charge in [0.05, 0.1) is 14.2 Å². The monoisotopic (exact) mass is 289 g/mol. The maximum Gasteiger partial charge on any atom is 0.161 e. The first-order valence-corrected chi connectivity index (χ1v) is 8.00. The Labute approximate surface area is 128 Å². The van der Waals surface area contributed by atoms with E-state index >= 15 is 0 Å². The van der Waals surface area contributed by atoms with Crippen molar-refractivity contribution in [3.8, 4) is 11.5 Å². The molecule has 1 saturated carbocycles. The van der Waals surface area contributed by atoms with Gasteiger partial charge in [-0.1, -0.05) is 13.8 Å². The lowest BCUT2D eigenvalue weighted by atomic mass is 9.91. The van der Waals surface area contributed by atoms with Gasteiger partial charge in [0, 0.05) is 19.1 Å². The van der Waals surface area contributed by atoms with Crippen LogP contribution in [0.4, 0.5) is 0 Å². The van der Waals surface area contributed by atoms with E-state index in [0.29, 0.717) is 5.41 Å². The number of nitrogens with zero attached hydrogens (tertiary/aromatic N) is 1. The fourth-order valence-electron chi connectivity index (χ4n) is 3.93. The molecular formula is C18H27NO2. The average molecular weight is 289 g/mol. The van der Waals surface area contributed by atoms with Gasteiger partial charge < -0.3 is 9.47 Å². The lowest BCUT2D eigenvalue weighted by Gasteiger charge is -2.34. The molecule has 0 amide bonds. The van der Waals surface area contributed by atoms with Crippen LogP contribution in [0.15, 0.2) is 12.1 Å². The van der Waals surface area contributed by atoms with E-state index in [0.717, 1.165) is 30.5 Å². The number of methoxy groups -OCH3 is 2. The summed E-state index contributed by atoms with van der Waals surface area (Å²) in [7, 11) is 3.42. The first-order chi connectivity index (χ1) is 10.0. The van der Waals surface area contributed by atoms with Gasteiger partial charge in [-0.15, -0.1) is 0 Å². The first kappa shape index (κ1) is 14.7. The highest BCUT2D eigenvalue weighted by Crippen LogP contribution is 2.41. The SMILES string of the molecule is COc1cc2c(cc1OC)CN(C1CCC(C)(C)C1)CC2. The summed E-state index contributed by atoms with van der Waals surface area (Å²) in [6, 6.07) is 5.08. The molecule has 1 aromatic rings. The number of hydrogen-bond acceptors (Lipinski definition) is 3. The van der Waals surface area contributed by atoms with Gasteiger partial charge in [0.15, 0.2) is 11.5 Å². The van der Waals surface area contributed by atoms with Crippen LogP contribution in [0.1, 0.15) is 44.2 Å². The van der Waals surface area contributed by atoms with Crippen molar-refractivity contribution in [3.63, 3.8) is 0 Å². The minimum Gasteiger partial charge on any atom is -0.493 e. The highest BCUT2D eigenvalue weighted by molar-refractivity contribution is 5.48. The topological polar surface area (TPSA) is 21.7 Å². The van der Waals surface area contributed by atoms with Crippen molar-refractivity contribution in [3.05, 3.63) is 23.3 Å². The highest BCUT2D eigenvalue weighted by Gasteiger charge is 2.35. The van der Waals surface area contributed by atoms with Crippen LogP contribution in [0.2, 0.25) is 0 Å². The van der Waals surface area contributed by atoms with Gasteiger partial charge in [-0.2, -0.15) is 0 Å². The predicted octanol–water partition coefficient (Wildman–Crippen LogP) is 3.64. The Morgan fingerprint density at radius 2 is 1.76 bits per heavy atom. The van der Waals surface area contributed by atoms with Gasteiger partial charge in [0.2, 0.25) is 0 Å². The largest absolute Gasteiger partial charge is 0.493 e. The Hall–Kier alpha value is -1.22. The summed E-state index contributed by atoms with van der Waals surface area (Å²) >= 11 is 0. The van der Waals surface area contributed by atoms with Crippen molar-refractivity contribution in [1.29, 1.82) is 0 Å². The van der Waals surface area contributed by atoms with Gasteiger partial charge in [0.25, 0.3) is 0 Å². The summed E-state index contributed by atoms with van der Waals surface area (Å²) in [5, 5.41) is 0. The Morgan fingerprint density at radius 3 is 2.33 bits per heavy atom. The third-order valence-corrected chi connectivity index (χ3v) is 5.21. The van der Waals surface area contributed by atoms with Crippen molar-refractivity contribution < 1.29 is 9.47 Å². The number of ether oxygens (including phenoxy) is 2. The van der Waals surface area contributed by atoms with Crippen LogP contribution in [0.25, 0.3) is 0 Å². The fraction of sp³-hybridized carbons (Fsp3) is 0.667. The van der Waals surface area contributed by atoms with E-state index in [1.807, 2.05) is 0 Å². The van der Waals surface area contributed by atoms with E-state index in [1.54, 1.807) is 14.2 Å². The van der Waals surface area contributed by atoms with Crippen molar-refractivity contribution >= 4 is 0 Å². The maximum atomic E-state index is 5.45. The molecule has 1 heterocycles. The number of fused-ring (bicyclic) bond motifs is 1. The highest BCUT2D eigenvalue weighted by atomic mass is 16.5. The van der Waals surface area contributed by atoms with Gasteiger partial charge in [-0.3, -0.25) is 4.90 Å². The number of rotatable bonds is 3. The Morgan fingerprint density at radius 1 is 1.10 bits per heavy atom. The summed E-state index contributed by atoms with van der Waals surface area (Å²) < 4.78 is 10.9. The van der Waals surface area contributed by atoms with Gasteiger partial charge >= 0.3 is 0 Å². The van der Waals surface area contributed by atoms with E-state index < -0.39 is 0 Å². The molecule has 0 N–H and O–H groups in total. The molecular weight excluding hydrogens is 262 g/mol. The van der Waals surface area contributed by atoms with Crippen LogP contribution in [0, 0.1) is 5.41 Å². The molecule has 3 heteroatoms. The molecule has 3 rings (SSSR count). The second kappa shape index (κ2) is 5.53. The van der Waals surface area contributed by atoms with E-state index in [-0.39, 0.29) is 0 Å². The van der Waals surface area contributed by atoms with Crippen LogP contribution < -0.4 is 9.47 Å². The second-order valence-corrected chi connectivity index (χ2v) is 7.26. The quantitative estimate of drug-likeness (QED) is 0.848. The van der Waals surface area contributed by atoms with Gasteiger partial charge in [-0.25, -0.2) is 0 Å². The molecule has 0 bridgehead atoms. The number of hydrogen-bond donors (Lipinski definition) is 0. The molecule has 0 aromatic heterocycles. The first-order valence-electron chi connectivity index (χ1n) is 8.00. The van der Waals surface area contributed by atoms with Crippen LogP contribution >= 0.6 is 0 Å². The molecule has 1 fully saturated rings. The minimum absolute atomic E-state index is 0.516.